The molecule has 0 bridgehead atoms. The van der Waals surface area contributed by atoms with Crippen molar-refractivity contribution in [2.75, 3.05) is 13.2 Å². The third kappa shape index (κ3) is 6.54. The fourth-order valence-electron chi connectivity index (χ4n) is 0.0577. The van der Waals surface area contributed by atoms with Crippen LogP contribution in [0, 0.1) is 0 Å². The minimum Gasteiger partial charge on any atom is -0.394 e. The molecule has 0 aromatic rings. The fraction of sp³-hybridized carbons (Fsp3) is 1.00. The first-order valence-corrected chi connectivity index (χ1v) is 1.71. The van der Waals surface area contributed by atoms with E-state index in [9.17, 15) is 0 Å². The van der Waals surface area contributed by atoms with Crippen LogP contribution in [0.2, 0.25) is 0 Å². The Morgan fingerprint density at radius 1 is 1.14 bits per heavy atom. The van der Waals surface area contributed by atoms with Crippen LogP contribution in [0.1, 0.15) is 0 Å². The Hall–Kier alpha value is 0.542. The van der Waals surface area contributed by atoms with Crippen molar-refractivity contribution in [1.29, 1.82) is 0 Å². The molecule has 0 aromatic carbocycles. The van der Waals surface area contributed by atoms with Gasteiger partial charge in [-0.3, -0.25) is 0 Å². The minimum atomic E-state index is -0.954. The van der Waals surface area contributed by atoms with E-state index in [0.717, 1.165) is 0 Å². The van der Waals surface area contributed by atoms with E-state index in [1.807, 2.05) is 0 Å². The zero-order valence-electron chi connectivity index (χ0n) is 3.71. The topological polar surface area (TPSA) is 60.7 Å². The Kier molecular flexibility index (Phi) is 9.82. The Morgan fingerprint density at radius 2 is 1.43 bits per heavy atom. The monoisotopic (exact) mass is 279 g/mol. The summed E-state index contributed by atoms with van der Waals surface area (Å²) in [5.41, 5.74) is 0. The molecule has 0 atom stereocenters. The maximum Gasteiger partial charge on any atom is 0.100 e. The predicted molar refractivity (Wildman–Crippen MR) is 20.2 cm³/mol. The number of aliphatic hydroxyl groups is 3. The normalized spacial score (nSPS) is 8.57. The zero-order valence-corrected chi connectivity index (χ0v) is 6.43. The van der Waals surface area contributed by atoms with Gasteiger partial charge >= 0.3 is 0 Å². The Bertz CT molecular complexity index is 29.4. The van der Waals surface area contributed by atoms with Crippen LogP contribution in [0.15, 0.2) is 0 Å². The van der Waals surface area contributed by atoms with Crippen LogP contribution in [0.4, 0.5) is 0 Å². The number of hydrogen-bond acceptors (Lipinski definition) is 3. The van der Waals surface area contributed by atoms with Gasteiger partial charge in [0, 0.05) is 20.4 Å². The number of rotatable bonds is 2. The molecular formula is C3H8O3Re. The van der Waals surface area contributed by atoms with E-state index in [1.54, 1.807) is 0 Å². The van der Waals surface area contributed by atoms with E-state index < -0.39 is 6.10 Å². The quantitative estimate of drug-likeness (QED) is 0.566. The molecule has 0 heterocycles. The van der Waals surface area contributed by atoms with Gasteiger partial charge < -0.3 is 15.3 Å². The Morgan fingerprint density at radius 3 is 1.43 bits per heavy atom. The minimum absolute atomic E-state index is 0. The van der Waals surface area contributed by atoms with E-state index in [4.69, 9.17) is 15.3 Å². The van der Waals surface area contributed by atoms with Gasteiger partial charge in [-0.15, -0.1) is 0 Å². The van der Waals surface area contributed by atoms with Crippen LogP contribution in [0.25, 0.3) is 0 Å². The van der Waals surface area contributed by atoms with E-state index in [0.29, 0.717) is 0 Å². The molecule has 0 aliphatic heterocycles. The van der Waals surface area contributed by atoms with Gasteiger partial charge in [-0.25, -0.2) is 0 Å². The summed E-state index contributed by atoms with van der Waals surface area (Å²) in [6.45, 7) is -0.729. The third-order valence-corrected chi connectivity index (χ3v) is 0.421. The molecule has 7 heavy (non-hydrogen) atoms. The predicted octanol–water partition coefficient (Wildman–Crippen LogP) is -1.67. The molecule has 0 aliphatic rings. The average Bonchev–Trinajstić information content (AvgIpc) is 1.65. The summed E-state index contributed by atoms with van der Waals surface area (Å²) in [5.74, 6) is 0. The second-order valence-electron chi connectivity index (χ2n) is 1.02. The van der Waals surface area contributed by atoms with Crippen molar-refractivity contribution in [3.05, 3.63) is 0 Å². The standard InChI is InChI=1S/C3H8O3.Re/c4-1-3(6)2-5;/h3-6H,1-2H2;. The molecule has 0 saturated carbocycles. The fourth-order valence-corrected chi connectivity index (χ4v) is 0.0577. The molecule has 0 unspecified atom stereocenters. The van der Waals surface area contributed by atoms with Crippen LogP contribution in [-0.4, -0.2) is 34.6 Å². The van der Waals surface area contributed by atoms with Crippen molar-refractivity contribution >= 4 is 0 Å². The molecule has 3 nitrogen and oxygen atoms in total. The largest absolute Gasteiger partial charge is 0.394 e. The molecular weight excluding hydrogens is 270 g/mol. The molecule has 0 saturated heterocycles. The van der Waals surface area contributed by atoms with Crippen molar-refractivity contribution in [3.63, 3.8) is 0 Å². The summed E-state index contributed by atoms with van der Waals surface area (Å²) in [7, 11) is 0. The molecule has 0 spiro atoms. The molecule has 45 valence electrons. The number of hydrogen-bond donors (Lipinski definition) is 3. The maximum atomic E-state index is 8.17. The second kappa shape index (κ2) is 6.54. The first kappa shape index (κ1) is 10.5. The summed E-state index contributed by atoms with van der Waals surface area (Å²) >= 11 is 0. The third-order valence-electron chi connectivity index (χ3n) is 0.421. The van der Waals surface area contributed by atoms with E-state index in [1.165, 1.54) is 0 Å². The SMILES string of the molecule is OCC(O)CO.[Re]. The molecule has 1 radical (unpaired) electrons. The van der Waals surface area contributed by atoms with Gasteiger partial charge in [-0.05, 0) is 0 Å². The molecule has 4 heteroatoms. The second-order valence-corrected chi connectivity index (χ2v) is 1.02. The zero-order chi connectivity index (χ0) is 4.99. The average molecular weight is 278 g/mol. The molecule has 0 aromatic heterocycles. The molecule has 0 fully saturated rings. The van der Waals surface area contributed by atoms with E-state index >= 15 is 0 Å². The van der Waals surface area contributed by atoms with Crippen molar-refractivity contribution in [2.24, 2.45) is 0 Å². The molecule has 0 rings (SSSR count). The van der Waals surface area contributed by atoms with Gasteiger partial charge in [-0.1, -0.05) is 0 Å². The van der Waals surface area contributed by atoms with Gasteiger partial charge in [0.15, 0.2) is 0 Å². The van der Waals surface area contributed by atoms with Crippen LogP contribution in [0.5, 0.6) is 0 Å². The summed E-state index contributed by atoms with van der Waals surface area (Å²) in [6.07, 6.45) is -0.954. The Balaban J connectivity index is 0. The van der Waals surface area contributed by atoms with Gasteiger partial charge in [-0.2, -0.15) is 0 Å². The van der Waals surface area contributed by atoms with Crippen molar-refractivity contribution in [1.82, 2.24) is 0 Å². The number of aliphatic hydroxyl groups excluding tert-OH is 3. The maximum absolute atomic E-state index is 8.17. The van der Waals surface area contributed by atoms with Crippen LogP contribution >= 0.6 is 0 Å². The molecule has 0 aliphatic carbocycles. The molecule has 0 amide bonds. The van der Waals surface area contributed by atoms with Gasteiger partial charge in [0.25, 0.3) is 0 Å². The van der Waals surface area contributed by atoms with Crippen molar-refractivity contribution in [3.8, 4) is 0 Å². The van der Waals surface area contributed by atoms with Crippen molar-refractivity contribution < 1.29 is 35.7 Å². The Labute approximate surface area is 55.6 Å². The van der Waals surface area contributed by atoms with Gasteiger partial charge in [0.05, 0.1) is 13.2 Å². The molecule has 3 N–H and O–H groups in total. The summed E-state index contributed by atoms with van der Waals surface area (Å²) < 4.78 is 0. The first-order chi connectivity index (χ1) is 2.81. The van der Waals surface area contributed by atoms with Crippen molar-refractivity contribution in [2.45, 2.75) is 6.10 Å². The van der Waals surface area contributed by atoms with Crippen LogP contribution in [0.3, 0.4) is 0 Å². The van der Waals surface area contributed by atoms with Gasteiger partial charge in [0.2, 0.25) is 0 Å². The smallest absolute Gasteiger partial charge is 0.100 e. The first-order valence-electron chi connectivity index (χ1n) is 1.71. The summed E-state index contributed by atoms with van der Waals surface area (Å²) in [4.78, 5) is 0. The van der Waals surface area contributed by atoms with Gasteiger partial charge in [0.1, 0.15) is 6.10 Å². The summed E-state index contributed by atoms with van der Waals surface area (Å²) in [5, 5.41) is 24.0. The van der Waals surface area contributed by atoms with Crippen LogP contribution < -0.4 is 0 Å². The van der Waals surface area contributed by atoms with Crippen LogP contribution in [-0.2, 0) is 20.4 Å². The van der Waals surface area contributed by atoms with E-state index in [-0.39, 0.29) is 33.6 Å². The van der Waals surface area contributed by atoms with E-state index in [2.05, 4.69) is 0 Å². The summed E-state index contributed by atoms with van der Waals surface area (Å²) in [6, 6.07) is 0.